The molecule has 0 saturated heterocycles. The number of hydrogen-bond acceptors (Lipinski definition) is 3. The van der Waals surface area contributed by atoms with Crippen molar-refractivity contribution in [1.82, 2.24) is 10.2 Å². The first kappa shape index (κ1) is 14.3. The van der Waals surface area contributed by atoms with E-state index in [9.17, 15) is 0 Å². The van der Waals surface area contributed by atoms with E-state index in [1.807, 2.05) is 6.26 Å². The van der Waals surface area contributed by atoms with Gasteiger partial charge >= 0.3 is 0 Å². The monoisotopic (exact) mass is 238 g/mol. The van der Waals surface area contributed by atoms with Crippen LogP contribution in [-0.2, 0) is 13.1 Å². The minimum Gasteiger partial charge on any atom is -0.468 e. The van der Waals surface area contributed by atoms with Crippen LogP contribution in [0.1, 0.15) is 39.0 Å². The van der Waals surface area contributed by atoms with E-state index >= 15 is 0 Å². The molecule has 0 aliphatic carbocycles. The molecule has 98 valence electrons. The normalized spacial score (nSPS) is 11.6. The van der Waals surface area contributed by atoms with Gasteiger partial charge in [0.1, 0.15) is 5.76 Å². The van der Waals surface area contributed by atoms with E-state index in [0.717, 1.165) is 38.5 Å². The van der Waals surface area contributed by atoms with Crippen LogP contribution in [0.4, 0.5) is 0 Å². The number of rotatable bonds is 8. The predicted octanol–water partition coefficient (Wildman–Crippen LogP) is 2.87. The van der Waals surface area contributed by atoms with Crippen molar-refractivity contribution in [1.29, 1.82) is 0 Å². The fourth-order valence-corrected chi connectivity index (χ4v) is 1.91. The minimum atomic E-state index is 0.700. The molecule has 1 heterocycles. The molecule has 0 unspecified atom stereocenters. The van der Waals surface area contributed by atoms with Crippen LogP contribution in [0.15, 0.2) is 16.7 Å². The van der Waals surface area contributed by atoms with E-state index in [1.54, 1.807) is 0 Å². The van der Waals surface area contributed by atoms with E-state index in [4.69, 9.17) is 4.42 Å². The largest absolute Gasteiger partial charge is 0.468 e. The van der Waals surface area contributed by atoms with Crippen LogP contribution in [0.5, 0.6) is 0 Å². The van der Waals surface area contributed by atoms with E-state index in [2.05, 4.69) is 44.0 Å². The number of nitrogens with one attached hydrogen (secondary N) is 1. The van der Waals surface area contributed by atoms with Crippen LogP contribution in [0.25, 0.3) is 0 Å². The van der Waals surface area contributed by atoms with Crippen molar-refractivity contribution < 1.29 is 4.42 Å². The minimum absolute atomic E-state index is 0.700. The van der Waals surface area contributed by atoms with E-state index in [0.29, 0.717) is 5.92 Å². The Morgan fingerprint density at radius 2 is 2.12 bits per heavy atom. The molecule has 1 aromatic rings. The molecular formula is C14H26N2O. The van der Waals surface area contributed by atoms with Gasteiger partial charge in [0.15, 0.2) is 0 Å². The first-order chi connectivity index (χ1) is 8.15. The lowest BCUT2D eigenvalue weighted by Gasteiger charge is -2.20. The SMILES string of the molecule is CCNCc1coc(CN(CC)CC(C)C)c1. The summed E-state index contributed by atoms with van der Waals surface area (Å²) < 4.78 is 5.59. The third-order valence-corrected chi connectivity index (χ3v) is 2.74. The molecule has 1 aromatic heterocycles. The Morgan fingerprint density at radius 1 is 1.35 bits per heavy atom. The summed E-state index contributed by atoms with van der Waals surface area (Å²) in [6.45, 7) is 13.8. The zero-order valence-corrected chi connectivity index (χ0v) is 11.6. The lowest BCUT2D eigenvalue weighted by atomic mass is 10.2. The Morgan fingerprint density at radius 3 is 2.71 bits per heavy atom. The van der Waals surface area contributed by atoms with Crippen molar-refractivity contribution in [3.63, 3.8) is 0 Å². The third-order valence-electron chi connectivity index (χ3n) is 2.74. The first-order valence-electron chi connectivity index (χ1n) is 6.65. The van der Waals surface area contributed by atoms with E-state index < -0.39 is 0 Å². The van der Waals surface area contributed by atoms with Crippen LogP contribution in [0.3, 0.4) is 0 Å². The van der Waals surface area contributed by atoms with Crippen molar-refractivity contribution in [3.8, 4) is 0 Å². The van der Waals surface area contributed by atoms with Gasteiger partial charge in [0, 0.05) is 18.7 Å². The van der Waals surface area contributed by atoms with Crippen LogP contribution in [0.2, 0.25) is 0 Å². The smallest absolute Gasteiger partial charge is 0.118 e. The van der Waals surface area contributed by atoms with Crippen molar-refractivity contribution in [2.45, 2.75) is 40.8 Å². The molecule has 1 N–H and O–H groups in total. The summed E-state index contributed by atoms with van der Waals surface area (Å²) in [5, 5.41) is 3.30. The fourth-order valence-electron chi connectivity index (χ4n) is 1.91. The Kier molecular flexibility index (Phi) is 6.30. The van der Waals surface area contributed by atoms with Crippen LogP contribution >= 0.6 is 0 Å². The molecular weight excluding hydrogens is 212 g/mol. The molecule has 0 aliphatic rings. The number of furan rings is 1. The number of nitrogens with zero attached hydrogens (tertiary/aromatic N) is 1. The zero-order valence-electron chi connectivity index (χ0n) is 11.6. The molecule has 0 amide bonds. The predicted molar refractivity (Wildman–Crippen MR) is 71.9 cm³/mol. The molecule has 0 atom stereocenters. The van der Waals surface area contributed by atoms with E-state index in [1.165, 1.54) is 5.56 Å². The molecule has 3 nitrogen and oxygen atoms in total. The van der Waals surface area contributed by atoms with Gasteiger partial charge in [-0.1, -0.05) is 27.7 Å². The van der Waals surface area contributed by atoms with Crippen molar-refractivity contribution in [3.05, 3.63) is 23.7 Å². The van der Waals surface area contributed by atoms with Gasteiger partial charge in [-0.25, -0.2) is 0 Å². The molecule has 0 spiro atoms. The fraction of sp³-hybridized carbons (Fsp3) is 0.714. The summed E-state index contributed by atoms with van der Waals surface area (Å²) in [4.78, 5) is 2.42. The van der Waals surface area contributed by atoms with Gasteiger partial charge < -0.3 is 9.73 Å². The Hall–Kier alpha value is -0.800. The molecule has 0 fully saturated rings. The second-order valence-corrected chi connectivity index (χ2v) is 4.92. The third kappa shape index (κ3) is 5.37. The van der Waals surface area contributed by atoms with Crippen LogP contribution in [-0.4, -0.2) is 24.5 Å². The number of hydrogen-bond donors (Lipinski definition) is 1. The molecule has 0 aliphatic heterocycles. The molecule has 0 saturated carbocycles. The Bertz CT molecular complexity index is 307. The maximum Gasteiger partial charge on any atom is 0.118 e. The van der Waals surface area contributed by atoms with Gasteiger partial charge in [-0.05, 0) is 25.1 Å². The molecule has 0 aromatic carbocycles. The van der Waals surface area contributed by atoms with E-state index in [-0.39, 0.29) is 0 Å². The first-order valence-corrected chi connectivity index (χ1v) is 6.65. The highest BCUT2D eigenvalue weighted by Gasteiger charge is 2.09. The van der Waals surface area contributed by atoms with Crippen molar-refractivity contribution in [2.75, 3.05) is 19.6 Å². The molecule has 0 radical (unpaired) electrons. The standard InChI is InChI=1S/C14H26N2O/c1-5-15-8-13-7-14(17-11-13)10-16(6-2)9-12(3)4/h7,11-12,15H,5-6,8-10H2,1-4H3. The summed E-state index contributed by atoms with van der Waals surface area (Å²) in [5.41, 5.74) is 1.24. The second kappa shape index (κ2) is 7.51. The maximum absolute atomic E-state index is 5.59. The maximum atomic E-state index is 5.59. The van der Waals surface area contributed by atoms with Crippen molar-refractivity contribution >= 4 is 0 Å². The molecule has 1 rings (SSSR count). The summed E-state index contributed by atoms with van der Waals surface area (Å²) in [6, 6.07) is 2.16. The summed E-state index contributed by atoms with van der Waals surface area (Å²) in [6.07, 6.45) is 1.86. The second-order valence-electron chi connectivity index (χ2n) is 4.92. The van der Waals surface area contributed by atoms with Gasteiger partial charge in [0.05, 0.1) is 12.8 Å². The lowest BCUT2D eigenvalue weighted by Crippen LogP contribution is -2.26. The summed E-state index contributed by atoms with van der Waals surface area (Å²) >= 11 is 0. The van der Waals surface area contributed by atoms with Gasteiger partial charge in [-0.2, -0.15) is 0 Å². The average molecular weight is 238 g/mol. The summed E-state index contributed by atoms with van der Waals surface area (Å²) in [5.74, 6) is 1.77. The van der Waals surface area contributed by atoms with Crippen LogP contribution in [0, 0.1) is 5.92 Å². The molecule has 0 bridgehead atoms. The van der Waals surface area contributed by atoms with Gasteiger partial charge in [-0.15, -0.1) is 0 Å². The quantitative estimate of drug-likeness (QED) is 0.755. The Balaban J connectivity index is 2.46. The average Bonchev–Trinajstić information content (AvgIpc) is 2.72. The molecule has 3 heteroatoms. The van der Waals surface area contributed by atoms with Crippen molar-refractivity contribution in [2.24, 2.45) is 5.92 Å². The summed E-state index contributed by atoms with van der Waals surface area (Å²) in [7, 11) is 0. The van der Waals surface area contributed by atoms with Gasteiger partial charge in [-0.3, -0.25) is 4.90 Å². The zero-order chi connectivity index (χ0) is 12.7. The van der Waals surface area contributed by atoms with Gasteiger partial charge in [0.2, 0.25) is 0 Å². The highest BCUT2D eigenvalue weighted by atomic mass is 16.3. The molecule has 17 heavy (non-hydrogen) atoms. The van der Waals surface area contributed by atoms with Gasteiger partial charge in [0.25, 0.3) is 0 Å². The topological polar surface area (TPSA) is 28.4 Å². The Labute approximate surface area is 105 Å². The highest BCUT2D eigenvalue weighted by molar-refractivity contribution is 5.12. The lowest BCUT2D eigenvalue weighted by molar-refractivity contribution is 0.229. The highest BCUT2D eigenvalue weighted by Crippen LogP contribution is 2.11. The van der Waals surface area contributed by atoms with Crippen LogP contribution < -0.4 is 5.32 Å².